The molecule has 3 aromatic heterocycles. The Kier molecular flexibility index (Phi) is 9.53. The van der Waals surface area contributed by atoms with Gasteiger partial charge in [0, 0.05) is 31.3 Å². The van der Waals surface area contributed by atoms with E-state index >= 15 is 26.3 Å². The summed E-state index contributed by atoms with van der Waals surface area (Å²) in [5.41, 5.74) is -10.6. The average molecular weight is 919 g/mol. The molecule has 306 valence electrons. The van der Waals surface area contributed by atoms with E-state index in [1.165, 1.54) is 0 Å². The van der Waals surface area contributed by atoms with E-state index in [1.54, 1.807) is 0 Å². The molecule has 0 radical (unpaired) electrons. The highest BCUT2D eigenvalue weighted by atomic mass is 32.1. The molecule has 0 N–H and O–H groups in total. The van der Waals surface area contributed by atoms with Crippen LogP contribution < -0.4 is 31.3 Å². The van der Waals surface area contributed by atoms with Gasteiger partial charge in [-0.05, 0) is 0 Å². The molecule has 0 saturated carbocycles. The van der Waals surface area contributed by atoms with Crippen molar-refractivity contribution in [1.82, 2.24) is 15.0 Å². The van der Waals surface area contributed by atoms with Crippen LogP contribution in [0.3, 0.4) is 0 Å². The van der Waals surface area contributed by atoms with Crippen molar-refractivity contribution >= 4 is 85.7 Å². The molecule has 0 spiro atoms. The fourth-order valence-electron chi connectivity index (χ4n) is 6.15. The van der Waals surface area contributed by atoms with Crippen LogP contribution in [0.1, 0.15) is 29.7 Å². The van der Waals surface area contributed by atoms with Gasteiger partial charge in [0.15, 0.2) is 14.6 Å². The van der Waals surface area contributed by atoms with Crippen LogP contribution in [0.15, 0.2) is 16.7 Å². The quantitative estimate of drug-likeness (QED) is 0.162. The fraction of sp³-hybridized carbons (Fsp3) is 0.0909. The van der Waals surface area contributed by atoms with E-state index in [0.29, 0.717) is 0 Å². The van der Waals surface area contributed by atoms with Crippen molar-refractivity contribution in [3.63, 3.8) is 0 Å². The molecule has 0 aliphatic heterocycles. The van der Waals surface area contributed by atoms with Gasteiger partial charge in [0.05, 0.1) is 16.7 Å². The van der Waals surface area contributed by atoms with Crippen molar-refractivity contribution in [2.24, 2.45) is 0 Å². The van der Waals surface area contributed by atoms with E-state index in [0.717, 1.165) is 18.2 Å². The molecule has 3 aliphatic rings. The summed E-state index contributed by atoms with van der Waals surface area (Å²) in [6.45, 7) is 0. The third kappa shape index (κ3) is 5.95. The fourth-order valence-corrected chi connectivity index (χ4v) is 8.59. The Morgan fingerprint density at radius 3 is 0.683 bits per heavy atom. The first-order chi connectivity index (χ1) is 27.8. The summed E-state index contributed by atoms with van der Waals surface area (Å²) in [5.74, 6) is -21.0. The molecule has 0 unspecified atom stereocenters. The van der Waals surface area contributed by atoms with Crippen LogP contribution in [0.25, 0.3) is 51.7 Å². The molecule has 6 nitrogen and oxygen atoms in total. The van der Waals surface area contributed by atoms with Crippen LogP contribution in [0.5, 0.6) is 0 Å². The van der Waals surface area contributed by atoms with Crippen LogP contribution in [0, 0.1) is 51.8 Å². The Morgan fingerprint density at radius 1 is 0.367 bits per heavy atom. The second kappa shape index (κ2) is 13.7. The Balaban J connectivity index is 1.75. The number of nitriles is 3. The van der Waals surface area contributed by atoms with Gasteiger partial charge in [0.25, 0.3) is 0 Å². The normalized spacial score (nSPS) is 15.2. The molecule has 60 heavy (non-hydrogen) atoms. The van der Waals surface area contributed by atoms with E-state index in [9.17, 15) is 68.5 Å². The SMILES string of the molecule is N#CC(=C1C(F)=c2c3c(c4c(c2=C1F)=C(F)C(=C(C#N)c1nc(F)c(C(F)(F)F)s1)C=4F)=C(F)C(=C(C#N)c1nc(F)c(C(F)(F)F)s1)C=3F)c1nc(F)c(C(F)(F)F)s1. The summed E-state index contributed by atoms with van der Waals surface area (Å²) in [7, 11) is 0. The molecular weight excluding hydrogens is 919 g/mol. The lowest BCUT2D eigenvalue weighted by Gasteiger charge is -2.02. The summed E-state index contributed by atoms with van der Waals surface area (Å²) in [4.78, 5) is 1.99. The number of nitrogens with zero attached hydrogens (tertiary/aromatic N) is 6. The first-order valence-corrected chi connectivity index (χ1v) is 17.3. The maximum atomic E-state index is 16.7. The number of benzene rings is 1. The zero-order chi connectivity index (χ0) is 44.5. The van der Waals surface area contributed by atoms with Crippen molar-refractivity contribution in [3.05, 3.63) is 95.5 Å². The second-order valence-corrected chi connectivity index (χ2v) is 14.6. The molecule has 1 aromatic carbocycles. The van der Waals surface area contributed by atoms with Crippen LogP contribution in [0.4, 0.5) is 79.0 Å². The number of thiazole rings is 3. The Labute approximate surface area is 327 Å². The van der Waals surface area contributed by atoms with Crippen LogP contribution >= 0.6 is 34.0 Å². The largest absolute Gasteiger partial charge is 0.430 e. The molecular formula is C33F18N6S3. The molecule has 4 aromatic rings. The third-order valence-electron chi connectivity index (χ3n) is 8.39. The third-order valence-corrected chi connectivity index (χ3v) is 11.7. The smallest absolute Gasteiger partial charge is 0.207 e. The first kappa shape index (κ1) is 41.9. The lowest BCUT2D eigenvalue weighted by Crippen LogP contribution is -2.64. The van der Waals surface area contributed by atoms with Crippen LogP contribution in [-0.2, 0) is 18.5 Å². The van der Waals surface area contributed by atoms with Gasteiger partial charge in [0.1, 0.15) is 84.9 Å². The molecule has 3 aliphatic carbocycles. The van der Waals surface area contributed by atoms with E-state index < -0.39 is 200 Å². The van der Waals surface area contributed by atoms with Gasteiger partial charge in [-0.25, -0.2) is 41.3 Å². The first-order valence-electron chi connectivity index (χ1n) is 14.9. The van der Waals surface area contributed by atoms with Crippen molar-refractivity contribution < 1.29 is 79.0 Å². The van der Waals surface area contributed by atoms with Crippen LogP contribution in [-0.4, -0.2) is 15.0 Å². The minimum Gasteiger partial charge on any atom is -0.207 e. The van der Waals surface area contributed by atoms with Crippen molar-refractivity contribution in [2.75, 3.05) is 0 Å². The predicted molar refractivity (Wildman–Crippen MR) is 170 cm³/mol. The Morgan fingerprint density at radius 2 is 0.550 bits per heavy atom. The second-order valence-electron chi connectivity index (χ2n) is 11.6. The van der Waals surface area contributed by atoms with Gasteiger partial charge in [-0.2, -0.15) is 68.5 Å². The lowest BCUT2D eigenvalue weighted by molar-refractivity contribution is -0.137. The zero-order valence-electron chi connectivity index (χ0n) is 27.2. The molecule has 0 atom stereocenters. The minimum atomic E-state index is -5.53. The maximum absolute atomic E-state index is 16.7. The minimum absolute atomic E-state index is 0.717. The summed E-state index contributed by atoms with van der Waals surface area (Å²) in [6.07, 6.45) is -16.6. The highest BCUT2D eigenvalue weighted by Gasteiger charge is 2.43. The average Bonchev–Trinajstić information content (AvgIpc) is 3.97. The number of hydrogen-bond acceptors (Lipinski definition) is 9. The van der Waals surface area contributed by atoms with E-state index in [4.69, 9.17) is 0 Å². The number of aromatic nitrogens is 3. The summed E-state index contributed by atoms with van der Waals surface area (Å²) in [6, 6.07) is 3.05. The topological polar surface area (TPSA) is 110 Å². The predicted octanol–water partition coefficient (Wildman–Crippen LogP) is 6.97. The monoisotopic (exact) mass is 918 g/mol. The number of alkyl halides is 9. The van der Waals surface area contributed by atoms with Gasteiger partial charge in [-0.3, -0.25) is 0 Å². The number of allylic oxidation sites excluding steroid dienone is 6. The van der Waals surface area contributed by atoms with Crippen molar-refractivity contribution in [2.45, 2.75) is 18.5 Å². The Bertz CT molecular complexity index is 2860. The lowest BCUT2D eigenvalue weighted by atomic mass is 10.1. The van der Waals surface area contributed by atoms with Gasteiger partial charge in [0.2, 0.25) is 17.8 Å². The number of halogens is 18. The summed E-state index contributed by atoms with van der Waals surface area (Å²) >= 11 is -2.15. The molecule has 7 rings (SSSR count). The molecule has 27 heteroatoms. The van der Waals surface area contributed by atoms with Gasteiger partial charge < -0.3 is 0 Å². The summed E-state index contributed by atoms with van der Waals surface area (Å²) in [5, 5.41) is 14.6. The number of fused-ring (bicyclic) bond motifs is 6. The molecule has 0 fully saturated rings. The standard InChI is InChI=1S/C33F18N6S3/c34-16-7(4(1-52)28-55-25(40)22(58-28)31(43,44)45)17(35)11-10(16)12-14(20(38)8(18(12)36)5(2-53)29-56-26(41)23(59-29)32(46,47)48)15-13(11)19(37)9(21(15)39)6(3-54)30-57-27(42)24(60-30)33(49,50)51. The number of rotatable bonds is 3. The van der Waals surface area contributed by atoms with Gasteiger partial charge in [-0.15, -0.1) is 34.0 Å². The van der Waals surface area contributed by atoms with Crippen molar-refractivity contribution in [3.8, 4) is 18.2 Å². The maximum Gasteiger partial charge on any atom is 0.430 e. The van der Waals surface area contributed by atoms with Gasteiger partial charge >= 0.3 is 18.5 Å². The van der Waals surface area contributed by atoms with Crippen molar-refractivity contribution in [1.29, 1.82) is 15.8 Å². The molecule has 0 bridgehead atoms. The molecule has 0 saturated heterocycles. The number of hydrogen-bond donors (Lipinski definition) is 0. The highest BCUT2D eigenvalue weighted by Crippen LogP contribution is 2.44. The van der Waals surface area contributed by atoms with Crippen LogP contribution in [0.2, 0.25) is 0 Å². The molecule has 0 amide bonds. The summed E-state index contributed by atoms with van der Waals surface area (Å²) < 4.78 is 264. The highest BCUT2D eigenvalue weighted by molar-refractivity contribution is 7.13. The molecule has 3 heterocycles. The Hall–Kier alpha value is -6.24. The van der Waals surface area contributed by atoms with Gasteiger partial charge in [-0.1, -0.05) is 0 Å². The zero-order valence-corrected chi connectivity index (χ0v) is 29.7. The van der Waals surface area contributed by atoms with E-state index in [-0.39, 0.29) is 0 Å². The van der Waals surface area contributed by atoms with E-state index in [2.05, 4.69) is 15.0 Å². The van der Waals surface area contributed by atoms with E-state index in [1.807, 2.05) is 0 Å².